The molecule has 1 aromatic carbocycles. The Balaban J connectivity index is 3.19. The molecule has 0 aliphatic rings. The van der Waals surface area contributed by atoms with Crippen LogP contribution in [0.1, 0.15) is 13.8 Å². The van der Waals surface area contributed by atoms with Crippen molar-refractivity contribution in [3.63, 3.8) is 0 Å². The van der Waals surface area contributed by atoms with E-state index in [1.807, 2.05) is 0 Å². The van der Waals surface area contributed by atoms with Crippen LogP contribution < -0.4 is 9.92 Å². The standard InChI is InChI=1S/C13H17F3O3Si/c1-4-17-20(3,18-5-2)11-9-7-6-8-10(11)19-13(16)12(14)15/h6-9H,4-5H2,1-3H3. The predicted molar refractivity (Wildman–Crippen MR) is 71.9 cm³/mol. The van der Waals surface area contributed by atoms with E-state index in [1.165, 1.54) is 6.07 Å². The summed E-state index contributed by atoms with van der Waals surface area (Å²) in [7, 11) is -2.83. The van der Waals surface area contributed by atoms with E-state index in [9.17, 15) is 13.2 Å². The van der Waals surface area contributed by atoms with Crippen LogP contribution in [0.5, 0.6) is 5.75 Å². The molecular weight excluding hydrogens is 289 g/mol. The maximum absolute atomic E-state index is 13.0. The first-order chi connectivity index (χ1) is 9.44. The smallest absolute Gasteiger partial charge is 0.373 e. The van der Waals surface area contributed by atoms with Gasteiger partial charge in [0.2, 0.25) is 0 Å². The fourth-order valence-electron chi connectivity index (χ4n) is 1.81. The Bertz CT molecular complexity index is 470. The van der Waals surface area contributed by atoms with Crippen LogP contribution in [0, 0.1) is 0 Å². The largest absolute Gasteiger partial charge is 0.428 e. The van der Waals surface area contributed by atoms with E-state index in [-0.39, 0.29) is 5.75 Å². The third-order valence-electron chi connectivity index (χ3n) is 2.56. The molecule has 0 saturated carbocycles. The predicted octanol–water partition coefficient (Wildman–Crippen LogP) is 3.45. The van der Waals surface area contributed by atoms with Gasteiger partial charge in [0.05, 0.1) is 0 Å². The van der Waals surface area contributed by atoms with Crippen molar-refractivity contribution < 1.29 is 26.8 Å². The zero-order valence-electron chi connectivity index (χ0n) is 11.6. The quantitative estimate of drug-likeness (QED) is 0.570. The van der Waals surface area contributed by atoms with Gasteiger partial charge in [-0.15, -0.1) is 0 Å². The van der Waals surface area contributed by atoms with Crippen LogP contribution in [-0.4, -0.2) is 21.8 Å². The van der Waals surface area contributed by atoms with Gasteiger partial charge < -0.3 is 13.6 Å². The average Bonchev–Trinajstić information content (AvgIpc) is 2.39. The van der Waals surface area contributed by atoms with Gasteiger partial charge >= 0.3 is 20.7 Å². The highest BCUT2D eigenvalue weighted by Gasteiger charge is 2.37. The van der Waals surface area contributed by atoms with Crippen molar-refractivity contribution in [2.75, 3.05) is 13.2 Å². The second-order valence-electron chi connectivity index (χ2n) is 3.94. The molecule has 0 radical (unpaired) electrons. The van der Waals surface area contributed by atoms with E-state index in [1.54, 1.807) is 38.6 Å². The van der Waals surface area contributed by atoms with E-state index >= 15 is 0 Å². The molecule has 0 unspecified atom stereocenters. The zero-order valence-corrected chi connectivity index (χ0v) is 12.6. The van der Waals surface area contributed by atoms with Gasteiger partial charge in [-0.25, -0.2) is 0 Å². The Morgan fingerprint density at radius 1 is 1.05 bits per heavy atom. The number of ether oxygens (including phenoxy) is 1. The van der Waals surface area contributed by atoms with Gasteiger partial charge in [-0.05, 0) is 26.5 Å². The third kappa shape index (κ3) is 4.09. The van der Waals surface area contributed by atoms with E-state index in [0.29, 0.717) is 18.4 Å². The van der Waals surface area contributed by atoms with E-state index in [0.717, 1.165) is 0 Å². The molecule has 0 aromatic heterocycles. The summed E-state index contributed by atoms with van der Waals surface area (Å²) in [6.07, 6.45) is -2.50. The Kier molecular flexibility index (Phi) is 6.25. The molecule has 0 N–H and O–H groups in total. The average molecular weight is 306 g/mol. The number of hydrogen-bond acceptors (Lipinski definition) is 3. The summed E-state index contributed by atoms with van der Waals surface area (Å²) in [5.41, 5.74) is 0. The maximum Gasteiger partial charge on any atom is 0.373 e. The number of para-hydroxylation sites is 1. The Labute approximate surface area is 117 Å². The highest BCUT2D eigenvalue weighted by atomic mass is 28.4. The lowest BCUT2D eigenvalue weighted by molar-refractivity contribution is 0.200. The summed E-state index contributed by atoms with van der Waals surface area (Å²) in [6.45, 7) is 6.15. The molecule has 20 heavy (non-hydrogen) atoms. The first kappa shape index (κ1) is 16.7. The second kappa shape index (κ2) is 7.46. The second-order valence-corrected chi connectivity index (χ2v) is 6.95. The molecule has 3 nitrogen and oxygen atoms in total. The van der Waals surface area contributed by atoms with Crippen molar-refractivity contribution >= 4 is 13.7 Å². The van der Waals surface area contributed by atoms with E-state index in [4.69, 9.17) is 8.85 Å². The zero-order chi connectivity index (χ0) is 15.2. The molecule has 0 bridgehead atoms. The maximum atomic E-state index is 13.0. The monoisotopic (exact) mass is 306 g/mol. The minimum Gasteiger partial charge on any atom is -0.428 e. The Morgan fingerprint density at radius 3 is 2.10 bits per heavy atom. The van der Waals surface area contributed by atoms with Crippen molar-refractivity contribution in [1.29, 1.82) is 0 Å². The first-order valence-corrected chi connectivity index (χ1v) is 8.52. The molecular formula is C13H17F3O3Si. The highest BCUT2D eigenvalue weighted by Crippen LogP contribution is 2.21. The number of halogens is 3. The van der Waals surface area contributed by atoms with Crippen molar-refractivity contribution in [3.05, 3.63) is 36.4 Å². The van der Waals surface area contributed by atoms with Crippen LogP contribution >= 0.6 is 0 Å². The number of hydrogen-bond donors (Lipinski definition) is 0. The summed E-state index contributed by atoms with van der Waals surface area (Å²) in [4.78, 5) is 0. The normalized spacial score (nSPS) is 11.3. The summed E-state index contributed by atoms with van der Waals surface area (Å²) >= 11 is 0. The van der Waals surface area contributed by atoms with Crippen LogP contribution in [0.4, 0.5) is 13.2 Å². The van der Waals surface area contributed by atoms with Crippen LogP contribution in [0.2, 0.25) is 6.55 Å². The van der Waals surface area contributed by atoms with Gasteiger partial charge in [0.25, 0.3) is 0 Å². The third-order valence-corrected chi connectivity index (χ3v) is 5.63. The summed E-state index contributed by atoms with van der Waals surface area (Å²) in [5, 5.41) is 0.472. The lowest BCUT2D eigenvalue weighted by Gasteiger charge is -2.27. The lowest BCUT2D eigenvalue weighted by atomic mass is 10.3. The van der Waals surface area contributed by atoms with Gasteiger partial charge in [-0.1, -0.05) is 18.2 Å². The van der Waals surface area contributed by atoms with Crippen LogP contribution in [0.15, 0.2) is 36.4 Å². The molecule has 0 saturated heterocycles. The molecule has 0 atom stereocenters. The number of rotatable bonds is 7. The Hall–Kier alpha value is -1.31. The van der Waals surface area contributed by atoms with Gasteiger partial charge in [0, 0.05) is 18.4 Å². The molecule has 0 heterocycles. The molecule has 7 heteroatoms. The molecule has 0 aliphatic carbocycles. The lowest BCUT2D eigenvalue weighted by Crippen LogP contribution is -2.51. The van der Waals surface area contributed by atoms with Crippen LogP contribution in [0.3, 0.4) is 0 Å². The summed E-state index contributed by atoms with van der Waals surface area (Å²) in [5.74, 6) is -0.0196. The molecule has 1 rings (SSSR count). The van der Waals surface area contributed by atoms with Crippen LogP contribution in [0.25, 0.3) is 0 Å². The topological polar surface area (TPSA) is 27.7 Å². The fourth-order valence-corrected chi connectivity index (χ4v) is 4.29. The highest BCUT2D eigenvalue weighted by molar-refractivity contribution is 6.80. The first-order valence-electron chi connectivity index (χ1n) is 6.20. The van der Waals surface area contributed by atoms with E-state index < -0.39 is 20.7 Å². The molecule has 0 amide bonds. The van der Waals surface area contributed by atoms with Crippen molar-refractivity contribution in [1.82, 2.24) is 0 Å². The molecule has 0 fully saturated rings. The van der Waals surface area contributed by atoms with Crippen molar-refractivity contribution in [2.24, 2.45) is 0 Å². The Morgan fingerprint density at radius 2 is 1.60 bits per heavy atom. The van der Waals surface area contributed by atoms with Crippen molar-refractivity contribution in [3.8, 4) is 5.75 Å². The van der Waals surface area contributed by atoms with Gasteiger partial charge in [0.15, 0.2) is 0 Å². The van der Waals surface area contributed by atoms with Gasteiger partial charge in [-0.3, -0.25) is 0 Å². The molecule has 1 aromatic rings. The fraction of sp³-hybridized carbons (Fsp3) is 0.385. The van der Waals surface area contributed by atoms with Gasteiger partial charge in [0.1, 0.15) is 5.75 Å². The van der Waals surface area contributed by atoms with Crippen molar-refractivity contribution in [2.45, 2.75) is 20.4 Å². The summed E-state index contributed by atoms with van der Waals surface area (Å²) < 4.78 is 53.2. The molecule has 0 aliphatic heterocycles. The molecule has 0 spiro atoms. The van der Waals surface area contributed by atoms with E-state index in [2.05, 4.69) is 4.74 Å². The minimum absolute atomic E-state index is 0.0196. The summed E-state index contributed by atoms with van der Waals surface area (Å²) in [6, 6.07) is 4.38. The SMILES string of the molecule is CCO[Si](C)(OCC)c1ccccc1OC(F)=C(F)F. The minimum atomic E-state index is -2.83. The number of benzene rings is 1. The molecule has 112 valence electrons. The van der Waals surface area contributed by atoms with Gasteiger partial charge in [-0.2, -0.15) is 13.2 Å². The van der Waals surface area contributed by atoms with Crippen LogP contribution in [-0.2, 0) is 8.85 Å².